The highest BCUT2D eigenvalue weighted by Crippen LogP contribution is 2.41. The fourth-order valence-corrected chi connectivity index (χ4v) is 3.15. The molecule has 0 spiro atoms. The fraction of sp³-hybridized carbons (Fsp3) is 0.941. The Balaban J connectivity index is 2.47. The molecule has 0 saturated heterocycles. The van der Waals surface area contributed by atoms with Crippen molar-refractivity contribution in [2.75, 3.05) is 6.61 Å². The van der Waals surface area contributed by atoms with Crippen LogP contribution in [0.4, 0.5) is 0 Å². The third-order valence-corrected chi connectivity index (χ3v) is 4.28. The van der Waals surface area contributed by atoms with Crippen LogP contribution < -0.4 is 0 Å². The topological polar surface area (TPSA) is 35.5 Å². The molecule has 1 aliphatic carbocycles. The monoisotopic (exact) mass is 284 g/mol. The van der Waals surface area contributed by atoms with Gasteiger partial charge in [0.25, 0.3) is 0 Å². The summed E-state index contributed by atoms with van der Waals surface area (Å²) in [5.74, 6) is 0.452. The number of esters is 1. The number of carbonyl (C=O) groups excluding carboxylic acids is 1. The predicted molar refractivity (Wildman–Crippen MR) is 81.6 cm³/mol. The molecule has 2 atom stereocenters. The standard InChI is InChI=1S/C17H32O3/c1-7-15(18)19-12-17(5,6)20-13(2)14-9-8-10-16(3,4)11-14/h13-14H,7-12H2,1-6H3/t13?,14-/m1/s1. The van der Waals surface area contributed by atoms with Crippen LogP contribution in [0.1, 0.15) is 73.6 Å². The van der Waals surface area contributed by atoms with E-state index in [4.69, 9.17) is 9.47 Å². The molecule has 3 nitrogen and oxygen atoms in total. The highest BCUT2D eigenvalue weighted by atomic mass is 16.6. The number of ether oxygens (including phenoxy) is 2. The molecular weight excluding hydrogens is 252 g/mol. The zero-order chi connectivity index (χ0) is 15.4. The molecule has 20 heavy (non-hydrogen) atoms. The highest BCUT2D eigenvalue weighted by Gasteiger charge is 2.34. The van der Waals surface area contributed by atoms with E-state index in [1.165, 1.54) is 25.7 Å². The Morgan fingerprint density at radius 2 is 2.05 bits per heavy atom. The second kappa shape index (κ2) is 6.93. The summed E-state index contributed by atoms with van der Waals surface area (Å²) in [6.07, 6.45) is 5.70. The summed E-state index contributed by atoms with van der Waals surface area (Å²) in [6.45, 7) is 13.0. The molecule has 0 bridgehead atoms. The Labute approximate surface area is 124 Å². The maximum absolute atomic E-state index is 11.3. The van der Waals surface area contributed by atoms with Crippen LogP contribution in [0.15, 0.2) is 0 Å². The van der Waals surface area contributed by atoms with Crippen LogP contribution in [0.3, 0.4) is 0 Å². The average molecular weight is 284 g/mol. The first-order valence-corrected chi connectivity index (χ1v) is 7.99. The van der Waals surface area contributed by atoms with Crippen molar-refractivity contribution in [3.05, 3.63) is 0 Å². The van der Waals surface area contributed by atoms with E-state index in [0.29, 0.717) is 24.4 Å². The van der Waals surface area contributed by atoms with Crippen molar-refractivity contribution in [3.63, 3.8) is 0 Å². The van der Waals surface area contributed by atoms with Gasteiger partial charge in [-0.25, -0.2) is 0 Å². The SMILES string of the molecule is CCC(=O)OCC(C)(C)OC(C)[C@@H]1CCCC(C)(C)C1. The molecule has 0 amide bonds. The van der Waals surface area contributed by atoms with Gasteiger partial charge in [-0.3, -0.25) is 4.79 Å². The molecule has 3 heteroatoms. The first-order valence-electron chi connectivity index (χ1n) is 7.99. The largest absolute Gasteiger partial charge is 0.463 e. The number of hydrogen-bond acceptors (Lipinski definition) is 3. The Morgan fingerprint density at radius 1 is 1.40 bits per heavy atom. The van der Waals surface area contributed by atoms with Crippen molar-refractivity contribution in [3.8, 4) is 0 Å². The highest BCUT2D eigenvalue weighted by molar-refractivity contribution is 5.68. The normalized spacial score (nSPS) is 24.2. The van der Waals surface area contributed by atoms with E-state index in [-0.39, 0.29) is 12.1 Å². The third-order valence-electron chi connectivity index (χ3n) is 4.28. The van der Waals surface area contributed by atoms with Crippen LogP contribution in [0.25, 0.3) is 0 Å². The zero-order valence-corrected chi connectivity index (χ0v) is 14.1. The number of carbonyl (C=O) groups is 1. The Bertz CT molecular complexity index is 320. The molecular formula is C17H32O3. The lowest BCUT2D eigenvalue weighted by Crippen LogP contribution is -2.40. The second-order valence-electron chi connectivity index (χ2n) is 7.62. The van der Waals surface area contributed by atoms with Gasteiger partial charge in [-0.1, -0.05) is 27.2 Å². The van der Waals surface area contributed by atoms with Gasteiger partial charge in [0, 0.05) is 6.42 Å². The quantitative estimate of drug-likeness (QED) is 0.681. The molecule has 0 aromatic heterocycles. The summed E-state index contributed by atoms with van der Waals surface area (Å²) >= 11 is 0. The predicted octanol–water partition coefficient (Wildman–Crippen LogP) is 4.34. The van der Waals surface area contributed by atoms with E-state index in [9.17, 15) is 4.79 Å². The molecule has 0 aromatic carbocycles. The van der Waals surface area contributed by atoms with E-state index < -0.39 is 5.60 Å². The molecule has 1 fully saturated rings. The van der Waals surface area contributed by atoms with Crippen molar-refractivity contribution >= 4 is 5.97 Å². The summed E-state index contributed by atoms with van der Waals surface area (Å²) in [5, 5.41) is 0. The summed E-state index contributed by atoms with van der Waals surface area (Å²) in [7, 11) is 0. The van der Waals surface area contributed by atoms with E-state index >= 15 is 0 Å². The van der Waals surface area contributed by atoms with Crippen LogP contribution >= 0.6 is 0 Å². The van der Waals surface area contributed by atoms with Crippen LogP contribution in [-0.2, 0) is 14.3 Å². The van der Waals surface area contributed by atoms with Crippen LogP contribution in [-0.4, -0.2) is 24.3 Å². The van der Waals surface area contributed by atoms with E-state index in [1.54, 1.807) is 0 Å². The van der Waals surface area contributed by atoms with Crippen molar-refractivity contribution in [1.29, 1.82) is 0 Å². The first kappa shape index (κ1) is 17.5. The van der Waals surface area contributed by atoms with Gasteiger partial charge in [-0.2, -0.15) is 0 Å². The lowest BCUT2D eigenvalue weighted by molar-refractivity contribution is -0.161. The van der Waals surface area contributed by atoms with Crippen molar-refractivity contribution < 1.29 is 14.3 Å². The molecule has 1 saturated carbocycles. The maximum atomic E-state index is 11.3. The molecule has 1 unspecified atom stereocenters. The average Bonchev–Trinajstić information content (AvgIpc) is 2.34. The van der Waals surface area contributed by atoms with Gasteiger partial charge in [-0.05, 0) is 51.4 Å². The van der Waals surface area contributed by atoms with Crippen molar-refractivity contribution in [2.24, 2.45) is 11.3 Å². The van der Waals surface area contributed by atoms with Gasteiger partial charge < -0.3 is 9.47 Å². The first-order chi connectivity index (χ1) is 9.15. The molecule has 0 aliphatic heterocycles. The number of rotatable bonds is 6. The zero-order valence-electron chi connectivity index (χ0n) is 14.1. The maximum Gasteiger partial charge on any atom is 0.305 e. The Hall–Kier alpha value is -0.570. The third kappa shape index (κ3) is 5.82. The second-order valence-corrected chi connectivity index (χ2v) is 7.62. The molecule has 0 N–H and O–H groups in total. The van der Waals surface area contributed by atoms with Gasteiger partial charge >= 0.3 is 5.97 Å². The van der Waals surface area contributed by atoms with E-state index in [2.05, 4.69) is 20.8 Å². The van der Waals surface area contributed by atoms with Crippen LogP contribution in [0.5, 0.6) is 0 Å². The molecule has 0 heterocycles. The lowest BCUT2D eigenvalue weighted by Gasteiger charge is -2.40. The van der Waals surface area contributed by atoms with Gasteiger partial charge in [0.05, 0.1) is 11.7 Å². The minimum Gasteiger partial charge on any atom is -0.463 e. The fourth-order valence-electron chi connectivity index (χ4n) is 3.15. The molecule has 0 aromatic rings. The minimum absolute atomic E-state index is 0.159. The minimum atomic E-state index is -0.411. The van der Waals surface area contributed by atoms with E-state index in [0.717, 1.165) is 0 Å². The smallest absolute Gasteiger partial charge is 0.305 e. The van der Waals surface area contributed by atoms with Gasteiger partial charge in [0.2, 0.25) is 0 Å². The molecule has 118 valence electrons. The van der Waals surface area contributed by atoms with Crippen LogP contribution in [0, 0.1) is 11.3 Å². The lowest BCUT2D eigenvalue weighted by atomic mass is 9.71. The van der Waals surface area contributed by atoms with E-state index in [1.807, 2.05) is 20.8 Å². The molecule has 0 radical (unpaired) electrons. The summed E-state index contributed by atoms with van der Waals surface area (Å²) in [4.78, 5) is 11.3. The van der Waals surface area contributed by atoms with Crippen LogP contribution in [0.2, 0.25) is 0 Å². The van der Waals surface area contributed by atoms with Gasteiger partial charge in [-0.15, -0.1) is 0 Å². The summed E-state index contributed by atoms with van der Waals surface area (Å²) in [5.41, 5.74) is 0.0190. The molecule has 1 rings (SSSR count). The Morgan fingerprint density at radius 3 is 2.60 bits per heavy atom. The van der Waals surface area contributed by atoms with Crippen molar-refractivity contribution in [2.45, 2.75) is 85.4 Å². The summed E-state index contributed by atoms with van der Waals surface area (Å²) < 4.78 is 11.4. The Kier molecular flexibility index (Phi) is 6.06. The van der Waals surface area contributed by atoms with Crippen molar-refractivity contribution in [1.82, 2.24) is 0 Å². The van der Waals surface area contributed by atoms with Gasteiger partial charge in [0.1, 0.15) is 6.61 Å². The number of hydrogen-bond donors (Lipinski definition) is 0. The van der Waals surface area contributed by atoms with Gasteiger partial charge in [0.15, 0.2) is 0 Å². The summed E-state index contributed by atoms with van der Waals surface area (Å²) in [6, 6.07) is 0. The molecule has 1 aliphatic rings.